The Labute approximate surface area is 161 Å². The summed E-state index contributed by atoms with van der Waals surface area (Å²) in [5.41, 5.74) is 1.11. The fourth-order valence-corrected chi connectivity index (χ4v) is 4.12. The summed E-state index contributed by atoms with van der Waals surface area (Å²) in [7, 11) is 0. The molecule has 3 rings (SSSR count). The molecule has 6 amide bonds. The van der Waals surface area contributed by atoms with Gasteiger partial charge in [-0.3, -0.25) is 0 Å². The summed E-state index contributed by atoms with van der Waals surface area (Å²) in [6, 6.07) is 6.66. The number of rotatable bonds is 4. The van der Waals surface area contributed by atoms with Crippen LogP contribution in [0.1, 0.15) is 50.7 Å². The van der Waals surface area contributed by atoms with E-state index in [1.54, 1.807) is 24.3 Å². The molecular formula is C20H22N2O6+2. The number of carbonyl (C=O) groups is 6. The molecule has 0 atom stereocenters. The highest BCUT2D eigenvalue weighted by atomic mass is 16.2. The summed E-state index contributed by atoms with van der Waals surface area (Å²) in [4.78, 5) is 73.7. The van der Waals surface area contributed by atoms with E-state index in [1.165, 1.54) is 13.8 Å². The zero-order valence-corrected chi connectivity index (χ0v) is 15.9. The molecule has 2 heterocycles. The molecule has 28 heavy (non-hydrogen) atoms. The van der Waals surface area contributed by atoms with Crippen molar-refractivity contribution in [3.05, 3.63) is 35.4 Å². The van der Waals surface area contributed by atoms with Crippen molar-refractivity contribution in [3.63, 3.8) is 0 Å². The van der Waals surface area contributed by atoms with E-state index in [-0.39, 0.29) is 38.8 Å². The van der Waals surface area contributed by atoms with Crippen LogP contribution in [0.3, 0.4) is 0 Å². The molecule has 146 valence electrons. The maximum atomic E-state index is 12.3. The van der Waals surface area contributed by atoms with Crippen molar-refractivity contribution in [2.45, 2.75) is 52.6 Å². The maximum Gasteiger partial charge on any atom is 0.329 e. The number of likely N-dealkylation sites (tertiary alicyclic amines) is 2. The van der Waals surface area contributed by atoms with Crippen molar-refractivity contribution in [1.29, 1.82) is 0 Å². The lowest BCUT2D eigenvalue weighted by Gasteiger charge is -2.26. The normalized spacial score (nSPS) is 20.6. The maximum absolute atomic E-state index is 12.3. The zero-order chi connectivity index (χ0) is 20.7. The molecule has 0 aromatic heterocycles. The smallest absolute Gasteiger partial charge is 0.230 e. The third kappa shape index (κ3) is 2.85. The number of hydrogen-bond donors (Lipinski definition) is 0. The molecular weight excluding hydrogens is 364 g/mol. The molecule has 8 heteroatoms. The molecule has 0 unspecified atom stereocenters. The first-order chi connectivity index (χ1) is 13.1. The van der Waals surface area contributed by atoms with Crippen LogP contribution in [0.2, 0.25) is 0 Å². The Morgan fingerprint density at radius 3 is 1.32 bits per heavy atom. The molecule has 2 fully saturated rings. The average molecular weight is 386 g/mol. The molecule has 0 N–H and O–H groups in total. The highest BCUT2D eigenvalue weighted by Crippen LogP contribution is 2.30. The minimum Gasteiger partial charge on any atom is -0.230 e. The van der Waals surface area contributed by atoms with E-state index in [4.69, 9.17) is 0 Å². The lowest BCUT2D eigenvalue weighted by molar-refractivity contribution is -0.710. The van der Waals surface area contributed by atoms with Gasteiger partial charge >= 0.3 is 35.4 Å². The summed E-state index contributed by atoms with van der Waals surface area (Å²) in [6.45, 7) is 2.23. The first-order valence-electron chi connectivity index (χ1n) is 9.14. The summed E-state index contributed by atoms with van der Waals surface area (Å²) in [5.74, 6) is -2.79. The number of amides is 6. The van der Waals surface area contributed by atoms with Crippen molar-refractivity contribution in [2.24, 2.45) is 0 Å². The molecule has 1 aromatic carbocycles. The Morgan fingerprint density at radius 1 is 0.714 bits per heavy atom. The van der Waals surface area contributed by atoms with E-state index in [0.29, 0.717) is 11.1 Å². The fraction of sp³-hybridized carbons (Fsp3) is 0.400. The van der Waals surface area contributed by atoms with Crippen LogP contribution in [-0.4, -0.2) is 44.4 Å². The van der Waals surface area contributed by atoms with E-state index in [0.717, 1.165) is 0 Å². The van der Waals surface area contributed by atoms with Crippen LogP contribution in [0.5, 0.6) is 0 Å². The van der Waals surface area contributed by atoms with Crippen LogP contribution in [0.25, 0.3) is 0 Å². The van der Waals surface area contributed by atoms with Gasteiger partial charge in [0.1, 0.15) is 13.1 Å². The van der Waals surface area contributed by atoms with E-state index < -0.39 is 44.4 Å². The lowest BCUT2D eigenvalue weighted by Crippen LogP contribution is -2.55. The monoisotopic (exact) mass is 386 g/mol. The number of nitrogens with zero attached hydrogens (tertiary/aromatic N) is 2. The number of quaternary nitrogens is 2. The molecule has 2 aliphatic heterocycles. The van der Waals surface area contributed by atoms with Gasteiger partial charge in [0.25, 0.3) is 0 Å². The molecule has 2 saturated heterocycles. The van der Waals surface area contributed by atoms with Gasteiger partial charge in [-0.2, -0.15) is 0 Å². The first kappa shape index (κ1) is 19.9. The van der Waals surface area contributed by atoms with E-state index >= 15 is 0 Å². The van der Waals surface area contributed by atoms with Crippen molar-refractivity contribution in [2.75, 3.05) is 0 Å². The number of benzene rings is 1. The van der Waals surface area contributed by atoms with Gasteiger partial charge in [-0.05, 0) is 6.07 Å². The van der Waals surface area contributed by atoms with Crippen molar-refractivity contribution < 1.29 is 37.7 Å². The van der Waals surface area contributed by atoms with Crippen LogP contribution in [0, 0.1) is 0 Å². The Morgan fingerprint density at radius 2 is 1.04 bits per heavy atom. The number of imide groups is 6. The highest BCUT2D eigenvalue weighted by Gasteiger charge is 2.55. The minimum absolute atomic E-state index is 0.0332. The van der Waals surface area contributed by atoms with Gasteiger partial charge in [0.05, 0.1) is 39.5 Å². The number of hydrogen-bond acceptors (Lipinski definition) is 6. The van der Waals surface area contributed by atoms with E-state index in [9.17, 15) is 28.8 Å². The third-order valence-corrected chi connectivity index (χ3v) is 5.71. The van der Waals surface area contributed by atoms with Crippen molar-refractivity contribution in [3.8, 4) is 0 Å². The van der Waals surface area contributed by atoms with E-state index in [1.807, 2.05) is 0 Å². The van der Waals surface area contributed by atoms with Gasteiger partial charge in [0, 0.05) is 11.1 Å². The zero-order valence-electron chi connectivity index (χ0n) is 15.9. The largest absolute Gasteiger partial charge is 0.329 e. The summed E-state index contributed by atoms with van der Waals surface area (Å²) in [6.07, 6.45) is 0.133. The first-order valence-corrected chi connectivity index (χ1v) is 9.14. The number of carbonyl (C=O) groups excluding carboxylic acids is 6. The van der Waals surface area contributed by atoms with Crippen LogP contribution >= 0.6 is 0 Å². The van der Waals surface area contributed by atoms with Gasteiger partial charge in [0.2, 0.25) is 0 Å². The topological polar surface area (TPSA) is 102 Å². The Bertz CT molecular complexity index is 829. The van der Waals surface area contributed by atoms with E-state index in [2.05, 4.69) is 0 Å². The molecule has 0 bridgehead atoms. The van der Waals surface area contributed by atoms with Crippen LogP contribution in [0.4, 0.5) is 0 Å². The SMILES string of the molecule is CC(=O)[N+]1(Cc2cccc(C[N+]3(C(C)=O)C(=O)CCC3=O)c2)C(=O)CCC1=O. The van der Waals surface area contributed by atoms with Crippen LogP contribution in [0.15, 0.2) is 24.3 Å². The summed E-state index contributed by atoms with van der Waals surface area (Å²) in [5, 5.41) is 0. The fourth-order valence-electron chi connectivity index (χ4n) is 4.12. The Balaban J connectivity index is 1.95. The average Bonchev–Trinajstić information content (AvgIpc) is 3.08. The van der Waals surface area contributed by atoms with Gasteiger partial charge < -0.3 is 0 Å². The van der Waals surface area contributed by atoms with Gasteiger partial charge in [0.15, 0.2) is 0 Å². The lowest BCUT2D eigenvalue weighted by atomic mass is 10.1. The third-order valence-electron chi connectivity index (χ3n) is 5.71. The predicted molar refractivity (Wildman–Crippen MR) is 94.2 cm³/mol. The quantitative estimate of drug-likeness (QED) is 0.567. The molecule has 0 saturated carbocycles. The second kappa shape index (κ2) is 6.96. The summed E-state index contributed by atoms with van der Waals surface area (Å²) < 4.78 is -1.71. The molecule has 0 spiro atoms. The highest BCUT2D eigenvalue weighted by molar-refractivity contribution is 6.02. The van der Waals surface area contributed by atoms with Crippen molar-refractivity contribution in [1.82, 2.24) is 0 Å². The van der Waals surface area contributed by atoms with Crippen molar-refractivity contribution >= 4 is 35.4 Å². The van der Waals surface area contributed by atoms with Crippen LogP contribution < -0.4 is 0 Å². The molecule has 1 aromatic rings. The van der Waals surface area contributed by atoms with Gasteiger partial charge in [-0.15, -0.1) is 8.97 Å². The standard InChI is InChI=1S/C20H22N2O6/c1-13(23)21(17(25)6-7-18(21)26)11-15-4-3-5-16(10-15)12-22(14(2)24)19(27)8-9-20(22)28/h3-5,10H,6-9,11-12H2,1-2H3/q+2. The predicted octanol–water partition coefficient (Wildman–Crippen LogP) is 1.11. The van der Waals surface area contributed by atoms with Crippen LogP contribution in [-0.2, 0) is 41.9 Å². The molecule has 0 aliphatic carbocycles. The second-order valence-electron chi connectivity index (χ2n) is 7.37. The minimum atomic E-state index is -0.853. The van der Waals surface area contributed by atoms with Gasteiger partial charge in [-0.25, -0.2) is 28.8 Å². The van der Waals surface area contributed by atoms with Gasteiger partial charge in [-0.1, -0.05) is 18.2 Å². The second-order valence-corrected chi connectivity index (χ2v) is 7.37. The molecule has 2 aliphatic rings. The Hall–Kier alpha value is -2.84. The molecule has 8 nitrogen and oxygen atoms in total. The summed E-state index contributed by atoms with van der Waals surface area (Å²) >= 11 is 0. The Kier molecular flexibility index (Phi) is 4.95. The molecule has 0 radical (unpaired) electrons.